The number of amides is 1. The van der Waals surface area contributed by atoms with Crippen LogP contribution in [-0.4, -0.2) is 37.2 Å². The lowest BCUT2D eigenvalue weighted by atomic mass is 10.2. The van der Waals surface area contributed by atoms with Crippen LogP contribution in [0.5, 0.6) is 0 Å². The lowest BCUT2D eigenvalue weighted by Crippen LogP contribution is -2.31. The van der Waals surface area contributed by atoms with Gasteiger partial charge in [-0.3, -0.25) is 4.79 Å². The molecule has 0 aromatic carbocycles. The molecular formula is C12H18ClN3O2. The number of methoxy groups -OCH3 is 1. The molecule has 1 unspecified atom stereocenters. The van der Waals surface area contributed by atoms with E-state index >= 15 is 0 Å². The number of carbonyl (C=O) groups excluding carboxylic acids is 1. The highest BCUT2D eigenvalue weighted by atomic mass is 35.5. The highest BCUT2D eigenvalue weighted by Crippen LogP contribution is 2.19. The third kappa shape index (κ3) is 4.16. The average Bonchev–Trinajstić information content (AvgIpc) is 2.38. The number of ether oxygens (including phenoxy) is 1. The van der Waals surface area contributed by atoms with E-state index in [1.165, 1.54) is 6.20 Å². The van der Waals surface area contributed by atoms with Crippen molar-refractivity contribution in [2.24, 2.45) is 0 Å². The van der Waals surface area contributed by atoms with Gasteiger partial charge < -0.3 is 15.4 Å². The van der Waals surface area contributed by atoms with E-state index in [4.69, 9.17) is 16.3 Å². The Morgan fingerprint density at radius 3 is 2.89 bits per heavy atom. The number of halogens is 1. The standard InChI is InChI=1S/C12H18ClN3O2/c1-4-14-11-10(13)5-9(7-15-11)12(17)16-6-8(2)18-3/h5,7-8H,4,6H2,1-3H3,(H,14,15)(H,16,17). The second-order valence-electron chi connectivity index (χ2n) is 3.84. The Bertz CT molecular complexity index is 412. The molecule has 1 aromatic rings. The summed E-state index contributed by atoms with van der Waals surface area (Å²) in [6.07, 6.45) is 1.47. The van der Waals surface area contributed by atoms with Gasteiger partial charge in [0, 0.05) is 26.4 Å². The van der Waals surface area contributed by atoms with E-state index in [0.717, 1.165) is 6.54 Å². The van der Waals surface area contributed by atoms with Gasteiger partial charge in [0.2, 0.25) is 0 Å². The molecule has 0 aliphatic heterocycles. The zero-order valence-electron chi connectivity index (χ0n) is 10.8. The lowest BCUT2D eigenvalue weighted by molar-refractivity contribution is 0.0870. The van der Waals surface area contributed by atoms with Crippen molar-refractivity contribution in [3.8, 4) is 0 Å². The molecule has 5 nitrogen and oxygen atoms in total. The fourth-order valence-corrected chi connectivity index (χ4v) is 1.51. The highest BCUT2D eigenvalue weighted by Gasteiger charge is 2.10. The molecular weight excluding hydrogens is 254 g/mol. The normalized spacial score (nSPS) is 12.0. The van der Waals surface area contributed by atoms with Crippen LogP contribution < -0.4 is 10.6 Å². The molecule has 0 aliphatic carbocycles. The number of pyridine rings is 1. The van der Waals surface area contributed by atoms with Crippen molar-refractivity contribution < 1.29 is 9.53 Å². The highest BCUT2D eigenvalue weighted by molar-refractivity contribution is 6.33. The van der Waals surface area contributed by atoms with Crippen LogP contribution in [0.3, 0.4) is 0 Å². The molecule has 6 heteroatoms. The smallest absolute Gasteiger partial charge is 0.252 e. The quantitative estimate of drug-likeness (QED) is 0.830. The fourth-order valence-electron chi connectivity index (χ4n) is 1.28. The third-order valence-corrected chi connectivity index (χ3v) is 2.69. The number of aromatic nitrogens is 1. The van der Waals surface area contributed by atoms with Gasteiger partial charge in [0.25, 0.3) is 5.91 Å². The van der Waals surface area contributed by atoms with Crippen molar-refractivity contribution in [2.45, 2.75) is 20.0 Å². The molecule has 0 aliphatic rings. The Labute approximate surface area is 112 Å². The van der Waals surface area contributed by atoms with Crippen molar-refractivity contribution >= 4 is 23.3 Å². The maximum absolute atomic E-state index is 11.8. The Morgan fingerprint density at radius 2 is 2.33 bits per heavy atom. The van der Waals surface area contributed by atoms with Crippen LogP contribution in [0.25, 0.3) is 0 Å². The molecule has 18 heavy (non-hydrogen) atoms. The molecule has 1 heterocycles. The predicted octanol–water partition coefficient (Wildman–Crippen LogP) is 1.93. The number of rotatable bonds is 6. The minimum absolute atomic E-state index is 0.0292. The number of carbonyl (C=O) groups is 1. The summed E-state index contributed by atoms with van der Waals surface area (Å²) in [5.41, 5.74) is 0.435. The fraction of sp³-hybridized carbons (Fsp3) is 0.500. The third-order valence-electron chi connectivity index (χ3n) is 2.40. The number of hydrogen-bond acceptors (Lipinski definition) is 4. The zero-order valence-corrected chi connectivity index (χ0v) is 11.5. The van der Waals surface area contributed by atoms with E-state index in [0.29, 0.717) is 22.9 Å². The van der Waals surface area contributed by atoms with Gasteiger partial charge in [-0.15, -0.1) is 0 Å². The molecule has 0 saturated heterocycles. The minimum Gasteiger partial charge on any atom is -0.380 e. The van der Waals surface area contributed by atoms with Gasteiger partial charge in [0.15, 0.2) is 0 Å². The van der Waals surface area contributed by atoms with E-state index in [1.807, 2.05) is 13.8 Å². The first-order valence-corrected chi connectivity index (χ1v) is 6.16. The van der Waals surface area contributed by atoms with Gasteiger partial charge in [0.05, 0.1) is 16.7 Å². The number of anilines is 1. The van der Waals surface area contributed by atoms with Gasteiger partial charge >= 0.3 is 0 Å². The zero-order chi connectivity index (χ0) is 13.5. The van der Waals surface area contributed by atoms with Crippen LogP contribution >= 0.6 is 11.6 Å². The largest absolute Gasteiger partial charge is 0.380 e. The first-order chi connectivity index (χ1) is 8.58. The Hall–Kier alpha value is -1.33. The topological polar surface area (TPSA) is 63.2 Å². The van der Waals surface area contributed by atoms with Crippen LogP contribution in [0, 0.1) is 0 Å². The van der Waals surface area contributed by atoms with Crippen molar-refractivity contribution in [2.75, 3.05) is 25.5 Å². The molecule has 0 bridgehead atoms. The first kappa shape index (κ1) is 14.7. The molecule has 1 atom stereocenters. The first-order valence-electron chi connectivity index (χ1n) is 5.78. The average molecular weight is 272 g/mol. The SMILES string of the molecule is CCNc1ncc(C(=O)NCC(C)OC)cc1Cl. The van der Waals surface area contributed by atoms with Crippen LogP contribution in [0.1, 0.15) is 24.2 Å². The van der Waals surface area contributed by atoms with Crippen molar-refractivity contribution in [1.82, 2.24) is 10.3 Å². The Kier molecular flexibility index (Phi) is 5.88. The van der Waals surface area contributed by atoms with Crippen LogP contribution in [0.15, 0.2) is 12.3 Å². The summed E-state index contributed by atoms with van der Waals surface area (Å²) in [4.78, 5) is 15.9. The number of hydrogen-bond donors (Lipinski definition) is 2. The van der Waals surface area contributed by atoms with Gasteiger partial charge in [-0.05, 0) is 19.9 Å². The molecule has 2 N–H and O–H groups in total. The predicted molar refractivity (Wildman–Crippen MR) is 72.2 cm³/mol. The maximum Gasteiger partial charge on any atom is 0.252 e. The van der Waals surface area contributed by atoms with E-state index in [1.54, 1.807) is 13.2 Å². The summed E-state index contributed by atoms with van der Waals surface area (Å²) in [5.74, 6) is 0.373. The van der Waals surface area contributed by atoms with Gasteiger partial charge in [-0.1, -0.05) is 11.6 Å². The lowest BCUT2D eigenvalue weighted by Gasteiger charge is -2.11. The summed E-state index contributed by atoms with van der Waals surface area (Å²) < 4.78 is 5.04. The summed E-state index contributed by atoms with van der Waals surface area (Å²) in [6, 6.07) is 1.60. The Balaban J connectivity index is 2.66. The number of nitrogens with one attached hydrogen (secondary N) is 2. The summed E-state index contributed by atoms with van der Waals surface area (Å²) in [5, 5.41) is 6.19. The van der Waals surface area contributed by atoms with Crippen molar-refractivity contribution in [3.63, 3.8) is 0 Å². The summed E-state index contributed by atoms with van der Waals surface area (Å²) in [6.45, 7) is 5.00. The van der Waals surface area contributed by atoms with E-state index in [9.17, 15) is 4.79 Å². The summed E-state index contributed by atoms with van der Waals surface area (Å²) in [7, 11) is 1.60. The molecule has 0 saturated carbocycles. The Morgan fingerprint density at radius 1 is 1.61 bits per heavy atom. The van der Waals surface area contributed by atoms with E-state index in [-0.39, 0.29) is 12.0 Å². The van der Waals surface area contributed by atoms with E-state index < -0.39 is 0 Å². The van der Waals surface area contributed by atoms with Crippen LogP contribution in [-0.2, 0) is 4.74 Å². The second-order valence-corrected chi connectivity index (χ2v) is 4.25. The monoisotopic (exact) mass is 271 g/mol. The van der Waals surface area contributed by atoms with E-state index in [2.05, 4.69) is 15.6 Å². The van der Waals surface area contributed by atoms with Crippen molar-refractivity contribution in [1.29, 1.82) is 0 Å². The van der Waals surface area contributed by atoms with Crippen molar-refractivity contribution in [3.05, 3.63) is 22.8 Å². The molecule has 100 valence electrons. The second kappa shape index (κ2) is 7.18. The van der Waals surface area contributed by atoms with Crippen LogP contribution in [0.2, 0.25) is 5.02 Å². The molecule has 0 fully saturated rings. The van der Waals surface area contributed by atoms with Gasteiger partial charge in [-0.25, -0.2) is 4.98 Å². The molecule has 1 rings (SSSR count). The molecule has 1 amide bonds. The van der Waals surface area contributed by atoms with Gasteiger partial charge in [-0.2, -0.15) is 0 Å². The maximum atomic E-state index is 11.8. The van der Waals surface area contributed by atoms with Gasteiger partial charge in [0.1, 0.15) is 5.82 Å². The molecule has 0 radical (unpaired) electrons. The molecule has 1 aromatic heterocycles. The molecule has 0 spiro atoms. The number of nitrogens with zero attached hydrogens (tertiary/aromatic N) is 1. The van der Waals surface area contributed by atoms with Crippen LogP contribution in [0.4, 0.5) is 5.82 Å². The minimum atomic E-state index is -0.212. The summed E-state index contributed by atoms with van der Waals surface area (Å²) >= 11 is 6.01.